The molecular weight excluding hydrogens is 360 g/mol. The van der Waals surface area contributed by atoms with Gasteiger partial charge in [-0.25, -0.2) is 8.78 Å². The predicted octanol–water partition coefficient (Wildman–Crippen LogP) is 4.65. The highest BCUT2D eigenvalue weighted by Crippen LogP contribution is 2.27. The minimum absolute atomic E-state index is 0.0981. The third-order valence-corrected chi connectivity index (χ3v) is 4.67. The highest BCUT2D eigenvalue weighted by Gasteiger charge is 2.14. The van der Waals surface area contributed by atoms with Crippen LogP contribution in [0.25, 0.3) is 0 Å². The van der Waals surface area contributed by atoms with E-state index in [-0.39, 0.29) is 18.4 Å². The topological polar surface area (TPSA) is 35.2 Å². The zero-order chi connectivity index (χ0) is 15.4. The van der Waals surface area contributed by atoms with Gasteiger partial charge in [0.25, 0.3) is 0 Å². The molecule has 0 saturated heterocycles. The van der Waals surface area contributed by atoms with Crippen LogP contribution >= 0.6 is 27.3 Å². The van der Waals surface area contributed by atoms with Crippen LogP contribution in [0.15, 0.2) is 28.1 Å². The molecule has 21 heavy (non-hydrogen) atoms. The van der Waals surface area contributed by atoms with E-state index in [9.17, 15) is 8.78 Å². The molecule has 2 N–H and O–H groups in total. The fourth-order valence-corrected chi connectivity index (χ4v) is 3.28. The number of thiophene rings is 1. The molecule has 0 aliphatic rings. The summed E-state index contributed by atoms with van der Waals surface area (Å²) >= 11 is 4.79. The van der Waals surface area contributed by atoms with Crippen LogP contribution in [0.3, 0.4) is 0 Å². The van der Waals surface area contributed by atoms with Gasteiger partial charge < -0.3 is 10.5 Å². The Morgan fingerprint density at radius 2 is 1.95 bits per heavy atom. The summed E-state index contributed by atoms with van der Waals surface area (Å²) in [6.45, 7) is 2.08. The maximum absolute atomic E-state index is 14.0. The quantitative estimate of drug-likeness (QED) is 0.797. The van der Waals surface area contributed by atoms with Crippen LogP contribution in [-0.4, -0.2) is 6.04 Å². The van der Waals surface area contributed by atoms with E-state index in [2.05, 4.69) is 15.9 Å². The third kappa shape index (κ3) is 4.49. The fourth-order valence-electron chi connectivity index (χ4n) is 1.89. The fraction of sp³-hybridized carbons (Fsp3) is 0.333. The van der Waals surface area contributed by atoms with Crippen molar-refractivity contribution in [3.8, 4) is 5.75 Å². The molecule has 6 heteroatoms. The summed E-state index contributed by atoms with van der Waals surface area (Å²) in [6, 6.07) is 6.19. The minimum atomic E-state index is -0.691. The van der Waals surface area contributed by atoms with Gasteiger partial charge in [0.15, 0.2) is 17.4 Å². The SMILES string of the molecule is CCC(N)Cc1cc(F)c(OCc2ccc(Br)s2)c(F)c1. The molecule has 0 fully saturated rings. The lowest BCUT2D eigenvalue weighted by atomic mass is 10.0. The van der Waals surface area contributed by atoms with Gasteiger partial charge in [-0.3, -0.25) is 0 Å². The van der Waals surface area contributed by atoms with Gasteiger partial charge in [0.2, 0.25) is 0 Å². The van der Waals surface area contributed by atoms with E-state index in [4.69, 9.17) is 10.5 Å². The van der Waals surface area contributed by atoms with E-state index in [0.717, 1.165) is 15.1 Å². The first-order valence-corrected chi connectivity index (χ1v) is 8.21. The zero-order valence-corrected chi connectivity index (χ0v) is 13.9. The molecule has 0 amide bonds. The number of hydrogen-bond donors (Lipinski definition) is 1. The average Bonchev–Trinajstić information content (AvgIpc) is 2.83. The van der Waals surface area contributed by atoms with Crippen molar-refractivity contribution >= 4 is 27.3 Å². The van der Waals surface area contributed by atoms with Crippen LogP contribution in [0.5, 0.6) is 5.75 Å². The van der Waals surface area contributed by atoms with Gasteiger partial charge in [-0.05, 0) is 58.6 Å². The number of hydrogen-bond acceptors (Lipinski definition) is 3. The van der Waals surface area contributed by atoms with Crippen LogP contribution in [-0.2, 0) is 13.0 Å². The second kappa shape index (κ2) is 7.33. The molecule has 114 valence electrons. The second-order valence-electron chi connectivity index (χ2n) is 4.76. The summed E-state index contributed by atoms with van der Waals surface area (Å²) in [5.41, 5.74) is 6.35. The highest BCUT2D eigenvalue weighted by atomic mass is 79.9. The van der Waals surface area contributed by atoms with E-state index in [0.29, 0.717) is 12.0 Å². The van der Waals surface area contributed by atoms with Crippen molar-refractivity contribution in [2.45, 2.75) is 32.4 Å². The summed E-state index contributed by atoms with van der Waals surface area (Å²) in [6.07, 6.45) is 1.21. The molecule has 0 aliphatic carbocycles. The number of nitrogens with two attached hydrogens (primary N) is 1. The van der Waals surface area contributed by atoms with Gasteiger partial charge in [-0.1, -0.05) is 6.92 Å². The molecular formula is C15H16BrF2NOS. The van der Waals surface area contributed by atoms with Crippen LogP contribution in [0, 0.1) is 11.6 Å². The summed E-state index contributed by atoms with van der Waals surface area (Å²) in [5, 5.41) is 0. The third-order valence-electron chi connectivity index (χ3n) is 3.07. The largest absolute Gasteiger partial charge is 0.482 e. The first-order chi connectivity index (χ1) is 9.99. The molecule has 0 spiro atoms. The van der Waals surface area contributed by atoms with Gasteiger partial charge >= 0.3 is 0 Å². The Morgan fingerprint density at radius 3 is 2.48 bits per heavy atom. The van der Waals surface area contributed by atoms with E-state index >= 15 is 0 Å². The van der Waals surface area contributed by atoms with E-state index in [1.807, 2.05) is 19.1 Å². The number of benzene rings is 1. The Labute approximate surface area is 135 Å². The van der Waals surface area contributed by atoms with Crippen LogP contribution in [0.1, 0.15) is 23.8 Å². The molecule has 0 saturated carbocycles. The Hall–Kier alpha value is -0.980. The first-order valence-electron chi connectivity index (χ1n) is 6.60. The minimum Gasteiger partial charge on any atom is -0.482 e. The van der Waals surface area contributed by atoms with E-state index in [1.165, 1.54) is 23.5 Å². The van der Waals surface area contributed by atoms with Gasteiger partial charge in [0, 0.05) is 10.9 Å². The molecule has 0 radical (unpaired) electrons. The predicted molar refractivity (Wildman–Crippen MR) is 84.7 cm³/mol. The zero-order valence-electron chi connectivity index (χ0n) is 11.5. The van der Waals surface area contributed by atoms with Gasteiger partial charge in [-0.15, -0.1) is 11.3 Å². The number of halogens is 3. The molecule has 2 nitrogen and oxygen atoms in total. The van der Waals surface area contributed by atoms with Crippen molar-refractivity contribution in [3.05, 3.63) is 50.1 Å². The lowest BCUT2D eigenvalue weighted by Crippen LogP contribution is -2.21. The standard InChI is InChI=1S/C15H16BrF2NOS/c1-2-10(19)5-9-6-12(17)15(13(18)7-9)20-8-11-3-4-14(16)21-11/h3-4,6-7,10H,2,5,8,19H2,1H3. The Bertz CT molecular complexity index is 594. The maximum atomic E-state index is 14.0. The first kappa shape index (κ1) is 16.4. The lowest BCUT2D eigenvalue weighted by molar-refractivity contribution is 0.276. The Morgan fingerprint density at radius 1 is 1.29 bits per heavy atom. The van der Waals surface area contributed by atoms with Crippen molar-refractivity contribution in [1.82, 2.24) is 0 Å². The Kier molecular flexibility index (Phi) is 5.72. The molecule has 1 atom stereocenters. The second-order valence-corrected chi connectivity index (χ2v) is 7.30. The van der Waals surface area contributed by atoms with Crippen LogP contribution in [0.4, 0.5) is 8.78 Å². The van der Waals surface area contributed by atoms with E-state index < -0.39 is 11.6 Å². The summed E-state index contributed by atoms with van der Waals surface area (Å²) < 4.78 is 34.1. The molecule has 1 aromatic carbocycles. The summed E-state index contributed by atoms with van der Waals surface area (Å²) in [7, 11) is 0. The van der Waals surface area contributed by atoms with Crippen molar-refractivity contribution in [2.75, 3.05) is 0 Å². The molecule has 2 aromatic rings. The Balaban J connectivity index is 2.09. The molecule has 1 unspecified atom stereocenters. The van der Waals surface area contributed by atoms with E-state index in [1.54, 1.807) is 0 Å². The van der Waals surface area contributed by atoms with Crippen molar-refractivity contribution in [3.63, 3.8) is 0 Å². The number of rotatable bonds is 6. The van der Waals surface area contributed by atoms with Crippen LogP contribution in [0.2, 0.25) is 0 Å². The van der Waals surface area contributed by atoms with Gasteiger partial charge in [0.1, 0.15) is 6.61 Å². The lowest BCUT2D eigenvalue weighted by Gasteiger charge is -2.12. The summed E-state index contributed by atoms with van der Waals surface area (Å²) in [5.74, 6) is -1.72. The molecule has 0 aliphatic heterocycles. The number of ether oxygens (including phenoxy) is 1. The average molecular weight is 376 g/mol. The van der Waals surface area contributed by atoms with Gasteiger partial charge in [0.05, 0.1) is 3.79 Å². The van der Waals surface area contributed by atoms with Crippen molar-refractivity contribution in [1.29, 1.82) is 0 Å². The summed E-state index contributed by atoms with van der Waals surface area (Å²) in [4.78, 5) is 0.887. The van der Waals surface area contributed by atoms with Crippen LogP contribution < -0.4 is 10.5 Å². The highest BCUT2D eigenvalue weighted by molar-refractivity contribution is 9.11. The molecule has 0 bridgehead atoms. The smallest absolute Gasteiger partial charge is 0.191 e. The molecule has 1 aromatic heterocycles. The molecule has 1 heterocycles. The normalized spacial score (nSPS) is 12.4. The monoisotopic (exact) mass is 375 g/mol. The van der Waals surface area contributed by atoms with Crippen molar-refractivity contribution < 1.29 is 13.5 Å². The van der Waals surface area contributed by atoms with Crippen molar-refractivity contribution in [2.24, 2.45) is 5.73 Å². The molecule has 2 rings (SSSR count). The van der Waals surface area contributed by atoms with Gasteiger partial charge in [-0.2, -0.15) is 0 Å². The maximum Gasteiger partial charge on any atom is 0.191 e.